The molecule has 0 aromatic rings. The molecule has 1 saturated heterocycles. The minimum atomic E-state index is -1.55. The minimum Gasteiger partial charge on any atom is -0.394 e. The number of amides is 1. The van der Waals surface area contributed by atoms with Crippen LogP contribution in [0.1, 0.15) is 322 Å². The van der Waals surface area contributed by atoms with Crippen LogP contribution in [0.3, 0.4) is 0 Å². The van der Waals surface area contributed by atoms with E-state index in [2.05, 4.69) is 43.5 Å². The molecule has 432 valence electrons. The van der Waals surface area contributed by atoms with E-state index in [-0.39, 0.29) is 12.5 Å². The van der Waals surface area contributed by atoms with Gasteiger partial charge in [-0.15, -0.1) is 0 Å². The van der Waals surface area contributed by atoms with E-state index < -0.39 is 49.5 Å². The average Bonchev–Trinajstić information content (AvgIpc) is 3.39. The predicted molar refractivity (Wildman–Crippen MR) is 309 cm³/mol. The Labute approximate surface area is 451 Å². The van der Waals surface area contributed by atoms with Crippen LogP contribution in [0, 0.1) is 0 Å². The SMILES string of the molecule is CCCCCCC/C=C\C/C=C\CCCCCCCCCCCCCCCCCCCCCCCC(=O)NC(COC1OC(CO)C(O)C(O)C1O)C(O)CCCCCCCCCCCCCCCCCCC. The Hall–Kier alpha value is -1.33. The van der Waals surface area contributed by atoms with Gasteiger partial charge in [-0.3, -0.25) is 4.79 Å². The highest BCUT2D eigenvalue weighted by Crippen LogP contribution is 2.24. The lowest BCUT2D eigenvalue weighted by Gasteiger charge is -2.40. The zero-order chi connectivity index (χ0) is 52.9. The molecular weight excluding hydrogens is 911 g/mol. The van der Waals surface area contributed by atoms with Gasteiger partial charge in [0.15, 0.2) is 6.29 Å². The molecule has 0 aromatic heterocycles. The van der Waals surface area contributed by atoms with Crippen molar-refractivity contribution >= 4 is 5.91 Å². The van der Waals surface area contributed by atoms with Crippen LogP contribution in [0.2, 0.25) is 0 Å². The average molecular weight is 1030 g/mol. The molecule has 1 fully saturated rings. The van der Waals surface area contributed by atoms with Gasteiger partial charge < -0.3 is 40.3 Å². The number of carbonyl (C=O) groups is 1. The zero-order valence-electron chi connectivity index (χ0n) is 48.2. The molecule has 1 aliphatic rings. The van der Waals surface area contributed by atoms with E-state index in [4.69, 9.17) is 9.47 Å². The van der Waals surface area contributed by atoms with Crippen molar-refractivity contribution in [2.75, 3.05) is 13.2 Å². The quantitative estimate of drug-likeness (QED) is 0.0261. The van der Waals surface area contributed by atoms with Crippen molar-refractivity contribution in [1.29, 1.82) is 0 Å². The van der Waals surface area contributed by atoms with E-state index in [0.29, 0.717) is 12.8 Å². The molecule has 6 N–H and O–H groups in total. The number of allylic oxidation sites excluding steroid dienone is 4. The second-order valence-corrected chi connectivity index (χ2v) is 22.6. The number of unbranched alkanes of at least 4 members (excludes halogenated alkanes) is 42. The van der Waals surface area contributed by atoms with E-state index in [0.717, 1.165) is 44.9 Å². The number of ether oxygens (including phenoxy) is 2. The Morgan fingerprint density at radius 3 is 1.18 bits per heavy atom. The van der Waals surface area contributed by atoms with Gasteiger partial charge in [0.05, 0.1) is 25.4 Å². The number of hydrogen-bond donors (Lipinski definition) is 6. The van der Waals surface area contributed by atoms with Crippen LogP contribution in [0.15, 0.2) is 24.3 Å². The molecule has 0 aromatic carbocycles. The monoisotopic (exact) mass is 1030 g/mol. The highest BCUT2D eigenvalue weighted by Gasteiger charge is 2.44. The fraction of sp³-hybridized carbons (Fsp3) is 0.922. The number of rotatable bonds is 56. The molecule has 73 heavy (non-hydrogen) atoms. The van der Waals surface area contributed by atoms with Crippen LogP contribution in [-0.2, 0) is 14.3 Å². The highest BCUT2D eigenvalue weighted by atomic mass is 16.7. The summed E-state index contributed by atoms with van der Waals surface area (Å²) in [5.74, 6) is -0.137. The van der Waals surface area contributed by atoms with Crippen LogP contribution in [0.5, 0.6) is 0 Å². The van der Waals surface area contributed by atoms with Crippen LogP contribution in [0.4, 0.5) is 0 Å². The van der Waals surface area contributed by atoms with E-state index >= 15 is 0 Å². The van der Waals surface area contributed by atoms with Gasteiger partial charge in [0.1, 0.15) is 24.4 Å². The van der Waals surface area contributed by atoms with Crippen molar-refractivity contribution < 1.29 is 39.8 Å². The van der Waals surface area contributed by atoms with E-state index in [1.54, 1.807) is 0 Å². The third-order valence-corrected chi connectivity index (χ3v) is 15.6. The molecule has 0 spiro atoms. The summed E-state index contributed by atoms with van der Waals surface area (Å²) < 4.78 is 11.3. The molecule has 1 aliphatic heterocycles. The predicted octanol–water partition coefficient (Wildman–Crippen LogP) is 16.5. The van der Waals surface area contributed by atoms with E-state index in [1.165, 1.54) is 250 Å². The maximum Gasteiger partial charge on any atom is 0.220 e. The summed E-state index contributed by atoms with van der Waals surface area (Å²) >= 11 is 0. The zero-order valence-corrected chi connectivity index (χ0v) is 48.2. The number of hydrogen-bond acceptors (Lipinski definition) is 8. The third kappa shape index (κ3) is 43.4. The van der Waals surface area contributed by atoms with Crippen molar-refractivity contribution in [2.24, 2.45) is 0 Å². The van der Waals surface area contributed by atoms with Gasteiger partial charge in [-0.25, -0.2) is 0 Å². The summed E-state index contributed by atoms with van der Waals surface area (Å²) in [6, 6.07) is -0.716. The molecule has 9 nitrogen and oxygen atoms in total. The van der Waals surface area contributed by atoms with Crippen molar-refractivity contribution in [2.45, 2.75) is 365 Å². The van der Waals surface area contributed by atoms with E-state index in [9.17, 15) is 30.3 Å². The summed E-state index contributed by atoms with van der Waals surface area (Å²) in [6.07, 6.45) is 62.3. The lowest BCUT2D eigenvalue weighted by atomic mass is 9.99. The largest absolute Gasteiger partial charge is 0.394 e. The number of carbonyl (C=O) groups excluding carboxylic acids is 1. The Morgan fingerprint density at radius 2 is 0.808 bits per heavy atom. The van der Waals surface area contributed by atoms with Crippen LogP contribution < -0.4 is 5.32 Å². The highest BCUT2D eigenvalue weighted by molar-refractivity contribution is 5.76. The number of nitrogens with one attached hydrogen (secondary N) is 1. The Bertz CT molecular complexity index is 1200. The van der Waals surface area contributed by atoms with Crippen LogP contribution in [-0.4, -0.2) is 87.5 Å². The molecule has 7 atom stereocenters. The first-order valence-corrected chi connectivity index (χ1v) is 32.0. The van der Waals surface area contributed by atoms with Gasteiger partial charge in [-0.05, 0) is 44.9 Å². The first-order valence-electron chi connectivity index (χ1n) is 32.0. The standard InChI is InChI=1S/C64H123NO8/c1-3-5-7-9-11-13-15-17-19-21-22-23-24-25-26-27-28-29-30-31-32-33-34-35-36-38-40-42-44-46-48-50-52-54-60(68)65-57(56-72-64-63(71)62(70)61(69)59(55-66)73-64)58(67)53-51-49-47-45-43-41-39-37-20-18-16-14-12-10-8-6-4-2/h15,17,21-22,57-59,61-64,66-67,69-71H,3-14,16,18-20,23-56H2,1-2H3,(H,65,68)/b17-15-,22-21-. The summed E-state index contributed by atoms with van der Waals surface area (Å²) in [7, 11) is 0. The normalized spacial score (nSPS) is 19.1. The van der Waals surface area contributed by atoms with Gasteiger partial charge in [-0.2, -0.15) is 0 Å². The summed E-state index contributed by atoms with van der Waals surface area (Å²) in [6.45, 7) is 3.87. The first-order chi connectivity index (χ1) is 35.8. The second-order valence-electron chi connectivity index (χ2n) is 22.6. The van der Waals surface area contributed by atoms with Gasteiger partial charge >= 0.3 is 0 Å². The minimum absolute atomic E-state index is 0.133. The van der Waals surface area contributed by atoms with E-state index in [1.807, 2.05) is 0 Å². The molecule has 9 heteroatoms. The summed E-state index contributed by atoms with van der Waals surface area (Å²) in [5, 5.41) is 54.8. The molecule has 0 aliphatic carbocycles. The Kier molecular flexibility index (Phi) is 51.6. The van der Waals surface area contributed by atoms with Crippen molar-refractivity contribution in [1.82, 2.24) is 5.32 Å². The fourth-order valence-electron chi connectivity index (χ4n) is 10.5. The van der Waals surface area contributed by atoms with Crippen molar-refractivity contribution in [3.8, 4) is 0 Å². The first kappa shape index (κ1) is 69.7. The molecular formula is C64H123NO8. The summed E-state index contributed by atoms with van der Waals surface area (Å²) in [4.78, 5) is 13.1. The number of aliphatic hydroxyl groups excluding tert-OH is 5. The molecule has 1 rings (SSSR count). The van der Waals surface area contributed by atoms with Gasteiger partial charge in [0.25, 0.3) is 0 Å². The van der Waals surface area contributed by atoms with Gasteiger partial charge in [0.2, 0.25) is 5.91 Å². The molecule has 7 unspecified atom stereocenters. The maximum atomic E-state index is 13.1. The lowest BCUT2D eigenvalue weighted by molar-refractivity contribution is -0.302. The molecule has 1 heterocycles. The Morgan fingerprint density at radius 1 is 0.466 bits per heavy atom. The molecule has 0 radical (unpaired) electrons. The second kappa shape index (κ2) is 54.0. The molecule has 1 amide bonds. The fourth-order valence-corrected chi connectivity index (χ4v) is 10.5. The topological polar surface area (TPSA) is 149 Å². The van der Waals surface area contributed by atoms with Crippen molar-refractivity contribution in [3.05, 3.63) is 24.3 Å². The number of aliphatic hydroxyl groups is 5. The summed E-state index contributed by atoms with van der Waals surface area (Å²) in [5.41, 5.74) is 0. The smallest absolute Gasteiger partial charge is 0.220 e. The van der Waals surface area contributed by atoms with Crippen molar-refractivity contribution in [3.63, 3.8) is 0 Å². The van der Waals surface area contributed by atoms with Crippen LogP contribution >= 0.6 is 0 Å². The Balaban J connectivity index is 2.09. The van der Waals surface area contributed by atoms with Crippen LogP contribution in [0.25, 0.3) is 0 Å². The lowest BCUT2D eigenvalue weighted by Crippen LogP contribution is -2.60. The van der Waals surface area contributed by atoms with Gasteiger partial charge in [-0.1, -0.05) is 295 Å². The maximum absolute atomic E-state index is 13.1. The molecule has 0 bridgehead atoms. The van der Waals surface area contributed by atoms with Gasteiger partial charge in [0, 0.05) is 6.42 Å². The molecule has 0 saturated carbocycles. The third-order valence-electron chi connectivity index (χ3n) is 15.6.